The quantitative estimate of drug-likeness (QED) is 0.615. The molecule has 2 fully saturated rings. The fraction of sp³-hybridized carbons (Fsp3) is 0.786. The van der Waals surface area contributed by atoms with Gasteiger partial charge in [0.15, 0.2) is 0 Å². The molecular weight excluding hydrogens is 272 g/mol. The van der Waals surface area contributed by atoms with E-state index in [2.05, 4.69) is 0 Å². The standard InChI is InChI=1S/C14H24N4O3/c1-11(19)17-5-6-18(13(21)15(2)3)10-14(9-17)7-12(20)16(4)8-14/h5-10H2,1-4H3. The summed E-state index contributed by atoms with van der Waals surface area (Å²) < 4.78 is 0. The molecule has 2 rings (SSSR count). The Morgan fingerprint density at radius 1 is 1.10 bits per heavy atom. The molecular formula is C14H24N4O3. The Bertz CT molecular complexity index is 465. The van der Waals surface area contributed by atoms with E-state index in [0.29, 0.717) is 39.1 Å². The van der Waals surface area contributed by atoms with Crippen LogP contribution in [-0.2, 0) is 9.59 Å². The molecule has 0 radical (unpaired) electrons. The number of likely N-dealkylation sites (tertiary alicyclic amines) is 1. The van der Waals surface area contributed by atoms with Crippen molar-refractivity contribution in [1.82, 2.24) is 19.6 Å². The highest BCUT2D eigenvalue weighted by Gasteiger charge is 2.46. The summed E-state index contributed by atoms with van der Waals surface area (Å²) in [6.45, 7) is 4.22. The number of hydrogen-bond donors (Lipinski definition) is 0. The van der Waals surface area contributed by atoms with Gasteiger partial charge in [-0.05, 0) is 0 Å². The first kappa shape index (κ1) is 15.6. The van der Waals surface area contributed by atoms with Crippen molar-refractivity contribution in [3.05, 3.63) is 0 Å². The third-order valence-corrected chi connectivity index (χ3v) is 4.32. The number of nitrogens with zero attached hydrogens (tertiary/aromatic N) is 4. The Labute approximate surface area is 125 Å². The molecule has 21 heavy (non-hydrogen) atoms. The Morgan fingerprint density at radius 2 is 1.67 bits per heavy atom. The Balaban J connectivity index is 2.26. The lowest BCUT2D eigenvalue weighted by atomic mass is 9.86. The highest BCUT2D eigenvalue weighted by Crippen LogP contribution is 2.34. The van der Waals surface area contributed by atoms with Crippen LogP contribution in [0, 0.1) is 5.41 Å². The first-order valence-electron chi connectivity index (χ1n) is 7.20. The molecule has 4 amide bonds. The van der Waals surface area contributed by atoms with Crippen molar-refractivity contribution in [1.29, 1.82) is 0 Å². The van der Waals surface area contributed by atoms with Gasteiger partial charge in [-0.1, -0.05) is 0 Å². The van der Waals surface area contributed by atoms with Gasteiger partial charge in [-0.25, -0.2) is 4.79 Å². The lowest BCUT2D eigenvalue weighted by Gasteiger charge is -2.33. The second-order valence-electron chi connectivity index (χ2n) is 6.47. The summed E-state index contributed by atoms with van der Waals surface area (Å²) in [6, 6.07) is -0.0678. The lowest BCUT2D eigenvalue weighted by molar-refractivity contribution is -0.130. The predicted octanol–water partition coefficient (Wildman–Crippen LogP) is -0.319. The van der Waals surface area contributed by atoms with Crippen molar-refractivity contribution in [2.45, 2.75) is 13.3 Å². The fourth-order valence-electron chi connectivity index (χ4n) is 3.29. The SMILES string of the molecule is CC(=O)N1CCN(C(=O)N(C)C)CC2(CC(=O)N(C)C2)C1. The monoisotopic (exact) mass is 296 g/mol. The number of amides is 4. The summed E-state index contributed by atoms with van der Waals surface area (Å²) in [6.07, 6.45) is 0.393. The third kappa shape index (κ3) is 3.11. The van der Waals surface area contributed by atoms with Crippen LogP contribution in [0.15, 0.2) is 0 Å². The minimum Gasteiger partial charge on any atom is -0.345 e. The van der Waals surface area contributed by atoms with Crippen LogP contribution in [0.4, 0.5) is 4.79 Å². The van der Waals surface area contributed by atoms with E-state index < -0.39 is 0 Å². The van der Waals surface area contributed by atoms with Gasteiger partial charge in [0, 0.05) is 72.6 Å². The minimum atomic E-state index is -0.348. The van der Waals surface area contributed by atoms with E-state index in [4.69, 9.17) is 0 Å². The molecule has 2 aliphatic heterocycles. The van der Waals surface area contributed by atoms with E-state index in [1.165, 1.54) is 11.8 Å². The van der Waals surface area contributed by atoms with Gasteiger partial charge in [0.25, 0.3) is 0 Å². The van der Waals surface area contributed by atoms with Crippen LogP contribution in [-0.4, -0.2) is 91.3 Å². The Morgan fingerprint density at radius 3 is 2.14 bits per heavy atom. The highest BCUT2D eigenvalue weighted by molar-refractivity contribution is 5.80. The normalized spacial score (nSPS) is 26.3. The molecule has 118 valence electrons. The van der Waals surface area contributed by atoms with Crippen LogP contribution in [0.5, 0.6) is 0 Å². The number of rotatable bonds is 0. The summed E-state index contributed by atoms with van der Waals surface area (Å²) in [4.78, 5) is 42.8. The molecule has 2 heterocycles. The molecule has 1 spiro atoms. The topological polar surface area (TPSA) is 64.2 Å². The molecule has 0 aromatic rings. The average molecular weight is 296 g/mol. The van der Waals surface area contributed by atoms with Gasteiger partial charge in [0.1, 0.15) is 0 Å². The molecule has 0 aromatic heterocycles. The molecule has 2 saturated heterocycles. The molecule has 0 bridgehead atoms. The first-order chi connectivity index (χ1) is 9.74. The van der Waals surface area contributed by atoms with Gasteiger partial charge >= 0.3 is 6.03 Å². The number of carbonyl (C=O) groups excluding carboxylic acids is 3. The van der Waals surface area contributed by atoms with E-state index in [1.54, 1.807) is 35.8 Å². The number of hydrogen-bond acceptors (Lipinski definition) is 3. The van der Waals surface area contributed by atoms with Gasteiger partial charge < -0.3 is 19.6 Å². The van der Waals surface area contributed by atoms with Gasteiger partial charge in [0.2, 0.25) is 11.8 Å². The van der Waals surface area contributed by atoms with Crippen molar-refractivity contribution >= 4 is 17.8 Å². The van der Waals surface area contributed by atoms with Crippen LogP contribution < -0.4 is 0 Å². The summed E-state index contributed by atoms with van der Waals surface area (Å²) in [5.41, 5.74) is -0.348. The van der Waals surface area contributed by atoms with E-state index >= 15 is 0 Å². The molecule has 7 heteroatoms. The average Bonchev–Trinajstić information content (AvgIpc) is 2.58. The van der Waals surface area contributed by atoms with E-state index in [0.717, 1.165) is 0 Å². The van der Waals surface area contributed by atoms with Gasteiger partial charge in [-0.15, -0.1) is 0 Å². The van der Waals surface area contributed by atoms with Crippen molar-refractivity contribution in [3.8, 4) is 0 Å². The van der Waals surface area contributed by atoms with Crippen LogP contribution >= 0.6 is 0 Å². The van der Waals surface area contributed by atoms with Gasteiger partial charge in [-0.3, -0.25) is 9.59 Å². The van der Waals surface area contributed by atoms with Crippen molar-refractivity contribution in [2.75, 3.05) is 53.9 Å². The molecule has 1 unspecified atom stereocenters. The van der Waals surface area contributed by atoms with Crippen LogP contribution in [0.1, 0.15) is 13.3 Å². The van der Waals surface area contributed by atoms with E-state index in [9.17, 15) is 14.4 Å². The molecule has 0 N–H and O–H groups in total. The van der Waals surface area contributed by atoms with Gasteiger partial charge in [0.05, 0.1) is 0 Å². The molecule has 2 aliphatic rings. The number of carbonyl (C=O) groups is 3. The molecule has 0 aromatic carbocycles. The minimum absolute atomic E-state index is 0.00414. The summed E-state index contributed by atoms with van der Waals surface area (Å²) in [5.74, 6) is 0.0770. The zero-order valence-electron chi connectivity index (χ0n) is 13.3. The summed E-state index contributed by atoms with van der Waals surface area (Å²) >= 11 is 0. The molecule has 7 nitrogen and oxygen atoms in total. The largest absolute Gasteiger partial charge is 0.345 e. The van der Waals surface area contributed by atoms with Crippen molar-refractivity contribution in [3.63, 3.8) is 0 Å². The second kappa shape index (κ2) is 5.54. The fourth-order valence-corrected chi connectivity index (χ4v) is 3.29. The van der Waals surface area contributed by atoms with E-state index in [-0.39, 0.29) is 23.3 Å². The van der Waals surface area contributed by atoms with Crippen molar-refractivity contribution < 1.29 is 14.4 Å². The van der Waals surface area contributed by atoms with E-state index in [1.807, 2.05) is 0 Å². The summed E-state index contributed by atoms with van der Waals surface area (Å²) in [7, 11) is 5.21. The maximum Gasteiger partial charge on any atom is 0.319 e. The van der Waals surface area contributed by atoms with Crippen LogP contribution in [0.3, 0.4) is 0 Å². The predicted molar refractivity (Wildman–Crippen MR) is 77.6 cm³/mol. The molecule has 0 saturated carbocycles. The highest BCUT2D eigenvalue weighted by atomic mass is 16.2. The van der Waals surface area contributed by atoms with Crippen LogP contribution in [0.25, 0.3) is 0 Å². The second-order valence-corrected chi connectivity index (χ2v) is 6.47. The molecule has 0 aliphatic carbocycles. The zero-order chi connectivity index (χ0) is 15.8. The van der Waals surface area contributed by atoms with Crippen molar-refractivity contribution in [2.24, 2.45) is 5.41 Å². The Kier molecular flexibility index (Phi) is 4.11. The zero-order valence-corrected chi connectivity index (χ0v) is 13.3. The maximum absolute atomic E-state index is 12.3. The molecule has 1 atom stereocenters. The smallest absolute Gasteiger partial charge is 0.319 e. The summed E-state index contributed by atoms with van der Waals surface area (Å²) in [5, 5.41) is 0. The number of urea groups is 1. The first-order valence-corrected chi connectivity index (χ1v) is 7.20. The maximum atomic E-state index is 12.3. The third-order valence-electron chi connectivity index (χ3n) is 4.32. The lowest BCUT2D eigenvalue weighted by Crippen LogP contribution is -2.47. The van der Waals surface area contributed by atoms with Gasteiger partial charge in [-0.2, -0.15) is 0 Å². The Hall–Kier alpha value is -1.79. The van der Waals surface area contributed by atoms with Crippen LogP contribution in [0.2, 0.25) is 0 Å².